The van der Waals surface area contributed by atoms with Gasteiger partial charge in [-0.05, 0) is 25.2 Å². The number of amides is 1. The van der Waals surface area contributed by atoms with Crippen LogP contribution in [0.1, 0.15) is 25.7 Å². The second kappa shape index (κ2) is 5.52. The van der Waals surface area contributed by atoms with E-state index in [9.17, 15) is 9.59 Å². The Morgan fingerprint density at radius 3 is 2.78 bits per heavy atom. The van der Waals surface area contributed by atoms with E-state index in [2.05, 4.69) is 6.08 Å². The Bertz CT molecular complexity index is 372. The van der Waals surface area contributed by atoms with Gasteiger partial charge in [0.2, 0.25) is 5.91 Å². The second-order valence-corrected chi connectivity index (χ2v) is 5.20. The summed E-state index contributed by atoms with van der Waals surface area (Å²) in [6.45, 7) is 1.86. The fourth-order valence-corrected chi connectivity index (χ4v) is 2.60. The maximum absolute atomic E-state index is 12.0. The third-order valence-corrected chi connectivity index (χ3v) is 3.68. The molecule has 0 aromatic carbocycles. The van der Waals surface area contributed by atoms with Crippen molar-refractivity contribution in [3.63, 3.8) is 0 Å². The molecule has 2 rings (SSSR count). The first kappa shape index (κ1) is 13.1. The number of likely N-dealkylation sites (tertiary alicyclic amines) is 1. The fourth-order valence-electron chi connectivity index (χ4n) is 2.60. The van der Waals surface area contributed by atoms with Crippen LogP contribution in [0.25, 0.3) is 0 Å². The van der Waals surface area contributed by atoms with Crippen molar-refractivity contribution in [2.45, 2.75) is 25.7 Å². The highest BCUT2D eigenvalue weighted by atomic mass is 16.4. The number of carbonyl (C=O) groups excluding carboxylic acids is 1. The van der Waals surface area contributed by atoms with Crippen LogP contribution in [0.3, 0.4) is 0 Å². The summed E-state index contributed by atoms with van der Waals surface area (Å²) in [4.78, 5) is 26.3. The van der Waals surface area contributed by atoms with Crippen LogP contribution >= 0.6 is 0 Å². The van der Waals surface area contributed by atoms with Gasteiger partial charge in [0.25, 0.3) is 0 Å². The quantitative estimate of drug-likeness (QED) is 0.790. The maximum atomic E-state index is 12.0. The normalized spacial score (nSPS) is 20.4. The van der Waals surface area contributed by atoms with Crippen LogP contribution in [0.2, 0.25) is 0 Å². The highest BCUT2D eigenvalue weighted by Crippen LogP contribution is 2.22. The molecule has 18 heavy (non-hydrogen) atoms. The molecular formula is C13H20N2O3. The van der Waals surface area contributed by atoms with Crippen molar-refractivity contribution in [3.05, 3.63) is 11.8 Å². The first-order valence-corrected chi connectivity index (χ1v) is 6.46. The van der Waals surface area contributed by atoms with Gasteiger partial charge in [-0.3, -0.25) is 14.5 Å². The van der Waals surface area contributed by atoms with E-state index in [1.165, 1.54) is 0 Å². The third-order valence-electron chi connectivity index (χ3n) is 3.68. The highest BCUT2D eigenvalue weighted by Gasteiger charge is 2.30. The zero-order valence-corrected chi connectivity index (χ0v) is 10.8. The molecule has 0 aromatic rings. The maximum Gasteiger partial charge on any atom is 0.303 e. The fraction of sp³-hybridized carbons (Fsp3) is 0.692. The molecule has 0 atom stereocenters. The van der Waals surface area contributed by atoms with E-state index in [0.717, 1.165) is 38.0 Å². The molecule has 0 bridgehead atoms. The van der Waals surface area contributed by atoms with Gasteiger partial charge in [-0.1, -0.05) is 6.08 Å². The van der Waals surface area contributed by atoms with Crippen molar-refractivity contribution >= 4 is 11.9 Å². The molecule has 0 aromatic heterocycles. The summed E-state index contributed by atoms with van der Waals surface area (Å²) >= 11 is 0. The summed E-state index contributed by atoms with van der Waals surface area (Å²) in [5.74, 6) is -0.428. The first-order valence-electron chi connectivity index (χ1n) is 6.46. The predicted molar refractivity (Wildman–Crippen MR) is 66.9 cm³/mol. The highest BCUT2D eigenvalue weighted by molar-refractivity contribution is 5.80. The molecule has 1 N–H and O–H groups in total. The van der Waals surface area contributed by atoms with Gasteiger partial charge in [-0.15, -0.1) is 0 Å². The number of hydrogen-bond acceptors (Lipinski definition) is 3. The van der Waals surface area contributed by atoms with E-state index in [-0.39, 0.29) is 18.2 Å². The van der Waals surface area contributed by atoms with Gasteiger partial charge in [0, 0.05) is 25.8 Å². The third kappa shape index (κ3) is 3.10. The van der Waals surface area contributed by atoms with Crippen LogP contribution in [-0.2, 0) is 9.59 Å². The van der Waals surface area contributed by atoms with Crippen LogP contribution in [0.4, 0.5) is 0 Å². The number of hydrogen-bond donors (Lipinski definition) is 1. The van der Waals surface area contributed by atoms with E-state index in [4.69, 9.17) is 5.11 Å². The average molecular weight is 252 g/mol. The number of carbonyl (C=O) groups is 2. The molecule has 1 aliphatic heterocycles. The van der Waals surface area contributed by atoms with Gasteiger partial charge in [0.05, 0.1) is 13.0 Å². The Kier molecular flexibility index (Phi) is 4.01. The summed E-state index contributed by atoms with van der Waals surface area (Å²) in [6.07, 6.45) is 5.53. The van der Waals surface area contributed by atoms with E-state index in [1.807, 2.05) is 11.9 Å². The van der Waals surface area contributed by atoms with Crippen LogP contribution in [0, 0.1) is 5.92 Å². The molecule has 1 saturated heterocycles. The molecule has 0 saturated carbocycles. The van der Waals surface area contributed by atoms with E-state index in [0.29, 0.717) is 6.54 Å². The van der Waals surface area contributed by atoms with Crippen LogP contribution in [0.15, 0.2) is 11.8 Å². The van der Waals surface area contributed by atoms with E-state index >= 15 is 0 Å². The van der Waals surface area contributed by atoms with Crippen LogP contribution in [-0.4, -0.2) is 53.5 Å². The molecule has 0 radical (unpaired) electrons. The number of carboxylic acid groups (broad SMARTS) is 1. The standard InChI is InChI=1S/C13H20N2O3/c1-14(11-4-2-3-5-11)12(16)9-15-7-10(8-15)6-13(17)18/h4,10H,2-3,5-9H2,1H3,(H,17,18). The van der Waals surface area contributed by atoms with E-state index < -0.39 is 5.97 Å². The molecule has 100 valence electrons. The van der Waals surface area contributed by atoms with Gasteiger partial charge in [-0.25, -0.2) is 0 Å². The zero-order valence-electron chi connectivity index (χ0n) is 10.8. The molecule has 0 spiro atoms. The van der Waals surface area contributed by atoms with Crippen molar-refractivity contribution < 1.29 is 14.7 Å². The van der Waals surface area contributed by atoms with Crippen LogP contribution < -0.4 is 0 Å². The minimum Gasteiger partial charge on any atom is -0.481 e. The number of aliphatic carboxylic acids is 1. The van der Waals surface area contributed by atoms with Crippen molar-refractivity contribution in [3.8, 4) is 0 Å². The lowest BCUT2D eigenvalue weighted by Crippen LogP contribution is -2.51. The molecule has 1 fully saturated rings. The summed E-state index contributed by atoms with van der Waals surface area (Å²) in [6, 6.07) is 0. The largest absolute Gasteiger partial charge is 0.481 e. The lowest BCUT2D eigenvalue weighted by atomic mass is 9.96. The number of rotatable bonds is 5. The second-order valence-electron chi connectivity index (χ2n) is 5.20. The van der Waals surface area contributed by atoms with E-state index in [1.54, 1.807) is 4.90 Å². The number of likely N-dealkylation sites (N-methyl/N-ethyl adjacent to an activating group) is 1. The van der Waals surface area contributed by atoms with Gasteiger partial charge < -0.3 is 10.0 Å². The van der Waals surface area contributed by atoms with Gasteiger partial charge in [0.15, 0.2) is 0 Å². The van der Waals surface area contributed by atoms with Gasteiger partial charge >= 0.3 is 5.97 Å². The molecule has 5 heteroatoms. The Hall–Kier alpha value is -1.36. The SMILES string of the molecule is CN(C(=O)CN1CC(CC(=O)O)C1)C1=CCCC1. The van der Waals surface area contributed by atoms with Crippen molar-refractivity contribution in [1.29, 1.82) is 0 Å². The minimum absolute atomic E-state index is 0.108. The smallest absolute Gasteiger partial charge is 0.303 e. The molecule has 2 aliphatic rings. The van der Waals surface area contributed by atoms with Gasteiger partial charge in [-0.2, -0.15) is 0 Å². The monoisotopic (exact) mass is 252 g/mol. The van der Waals surface area contributed by atoms with Crippen molar-refractivity contribution in [1.82, 2.24) is 9.80 Å². The van der Waals surface area contributed by atoms with Gasteiger partial charge in [0.1, 0.15) is 0 Å². The van der Waals surface area contributed by atoms with Crippen LogP contribution in [0.5, 0.6) is 0 Å². The number of allylic oxidation sites excluding steroid dienone is 2. The Morgan fingerprint density at radius 2 is 2.22 bits per heavy atom. The Balaban J connectivity index is 1.71. The minimum atomic E-state index is -0.751. The summed E-state index contributed by atoms with van der Waals surface area (Å²) in [7, 11) is 1.83. The zero-order chi connectivity index (χ0) is 13.1. The molecule has 1 heterocycles. The number of nitrogens with zero attached hydrogens (tertiary/aromatic N) is 2. The summed E-state index contributed by atoms with van der Waals surface area (Å²) < 4.78 is 0. The molecular weight excluding hydrogens is 232 g/mol. The Labute approximate surface area is 107 Å². The predicted octanol–water partition coefficient (Wildman–Crippen LogP) is 0.919. The molecule has 1 aliphatic carbocycles. The molecule has 0 unspecified atom stereocenters. The average Bonchev–Trinajstić information content (AvgIpc) is 2.77. The summed E-state index contributed by atoms with van der Waals surface area (Å²) in [5.41, 5.74) is 1.13. The molecule has 5 nitrogen and oxygen atoms in total. The summed E-state index contributed by atoms with van der Waals surface area (Å²) in [5, 5.41) is 8.65. The molecule has 1 amide bonds. The Morgan fingerprint density at radius 1 is 1.50 bits per heavy atom. The first-order chi connectivity index (χ1) is 8.56. The number of carboxylic acids is 1. The van der Waals surface area contributed by atoms with Crippen molar-refractivity contribution in [2.75, 3.05) is 26.7 Å². The lowest BCUT2D eigenvalue weighted by molar-refractivity contribution is -0.139. The topological polar surface area (TPSA) is 60.9 Å². The lowest BCUT2D eigenvalue weighted by Gasteiger charge is -2.38. The van der Waals surface area contributed by atoms with Crippen molar-refractivity contribution in [2.24, 2.45) is 5.92 Å².